The molecule has 1 heterocycles. The van der Waals surface area contributed by atoms with Crippen molar-refractivity contribution in [3.05, 3.63) is 0 Å². The largest absolute Gasteiger partial charge is 0.381 e. The van der Waals surface area contributed by atoms with E-state index in [-0.39, 0.29) is 0 Å². The topological polar surface area (TPSA) is 31.0 Å². The van der Waals surface area contributed by atoms with Crippen molar-refractivity contribution in [2.24, 2.45) is 0 Å². The number of methoxy groups -OCH3 is 1. The molecule has 3 heteroatoms. The summed E-state index contributed by atoms with van der Waals surface area (Å²) < 4.78 is 16.2. The summed E-state index contributed by atoms with van der Waals surface area (Å²) in [5.41, 5.74) is 0. The molecule has 3 unspecified atom stereocenters. The van der Waals surface area contributed by atoms with Crippen LogP contribution in [0.2, 0.25) is 0 Å². The van der Waals surface area contributed by atoms with E-state index in [1.54, 1.807) is 7.11 Å². The van der Waals surface area contributed by atoms with Crippen LogP contribution in [-0.4, -0.2) is 38.6 Å². The van der Waals surface area contributed by atoms with Gasteiger partial charge in [0.1, 0.15) is 6.10 Å². The number of rotatable bonds is 4. The molecule has 2 rings (SSSR count). The molecular weight excluding hydrogens is 168 g/mol. The van der Waals surface area contributed by atoms with Gasteiger partial charge in [0.05, 0.1) is 25.4 Å². The first kappa shape index (κ1) is 9.44. The van der Waals surface area contributed by atoms with E-state index in [2.05, 4.69) is 0 Å². The third-order valence-electron chi connectivity index (χ3n) is 2.83. The molecule has 0 aromatic heterocycles. The van der Waals surface area contributed by atoms with Crippen LogP contribution in [-0.2, 0) is 14.2 Å². The molecule has 0 spiro atoms. The van der Waals surface area contributed by atoms with E-state index in [9.17, 15) is 0 Å². The van der Waals surface area contributed by atoms with Crippen LogP contribution in [0.15, 0.2) is 0 Å². The maximum atomic E-state index is 5.73. The van der Waals surface area contributed by atoms with Gasteiger partial charge in [0.25, 0.3) is 0 Å². The maximum absolute atomic E-state index is 5.73. The van der Waals surface area contributed by atoms with Crippen LogP contribution in [0.4, 0.5) is 0 Å². The lowest BCUT2D eigenvalue weighted by molar-refractivity contribution is -0.0332. The minimum absolute atomic E-state index is 0.392. The molecule has 0 amide bonds. The van der Waals surface area contributed by atoms with Gasteiger partial charge in [-0.15, -0.1) is 0 Å². The SMILES string of the molecule is COC1CCCC(OCC2CO2)C1. The highest BCUT2D eigenvalue weighted by Crippen LogP contribution is 2.24. The first-order valence-corrected chi connectivity index (χ1v) is 5.14. The predicted molar refractivity (Wildman–Crippen MR) is 48.7 cm³/mol. The zero-order valence-electron chi connectivity index (χ0n) is 8.20. The summed E-state index contributed by atoms with van der Waals surface area (Å²) in [5.74, 6) is 0. The minimum atomic E-state index is 0.392. The first-order valence-electron chi connectivity index (χ1n) is 5.14. The van der Waals surface area contributed by atoms with Crippen molar-refractivity contribution in [1.29, 1.82) is 0 Å². The molecule has 1 saturated heterocycles. The second kappa shape index (κ2) is 4.40. The molecule has 3 nitrogen and oxygen atoms in total. The van der Waals surface area contributed by atoms with E-state index >= 15 is 0 Å². The van der Waals surface area contributed by atoms with Gasteiger partial charge in [-0.25, -0.2) is 0 Å². The Kier molecular flexibility index (Phi) is 3.19. The minimum Gasteiger partial charge on any atom is -0.381 e. The van der Waals surface area contributed by atoms with Gasteiger partial charge in [-0.1, -0.05) is 0 Å². The van der Waals surface area contributed by atoms with Crippen molar-refractivity contribution < 1.29 is 14.2 Å². The summed E-state index contributed by atoms with van der Waals surface area (Å²) in [5, 5.41) is 0. The normalized spacial score (nSPS) is 39.0. The molecule has 1 aliphatic heterocycles. The average molecular weight is 186 g/mol. The Morgan fingerprint density at radius 2 is 2.08 bits per heavy atom. The van der Waals surface area contributed by atoms with Crippen LogP contribution in [0.25, 0.3) is 0 Å². The van der Waals surface area contributed by atoms with E-state index in [1.165, 1.54) is 19.3 Å². The van der Waals surface area contributed by atoms with Crippen LogP contribution in [0.1, 0.15) is 25.7 Å². The molecule has 0 aromatic carbocycles. The van der Waals surface area contributed by atoms with E-state index < -0.39 is 0 Å². The lowest BCUT2D eigenvalue weighted by Crippen LogP contribution is -2.28. The zero-order chi connectivity index (χ0) is 9.10. The Balaban J connectivity index is 1.65. The highest BCUT2D eigenvalue weighted by Gasteiger charge is 2.27. The molecule has 13 heavy (non-hydrogen) atoms. The van der Waals surface area contributed by atoms with Gasteiger partial charge >= 0.3 is 0 Å². The number of hydrogen-bond donors (Lipinski definition) is 0. The second-order valence-corrected chi connectivity index (χ2v) is 3.94. The molecule has 0 bridgehead atoms. The van der Waals surface area contributed by atoms with Gasteiger partial charge in [-0.05, 0) is 25.7 Å². The number of hydrogen-bond acceptors (Lipinski definition) is 3. The van der Waals surface area contributed by atoms with Crippen molar-refractivity contribution in [3.63, 3.8) is 0 Å². The maximum Gasteiger partial charge on any atom is 0.104 e. The van der Waals surface area contributed by atoms with Crippen LogP contribution in [0.5, 0.6) is 0 Å². The fraction of sp³-hybridized carbons (Fsp3) is 1.00. The lowest BCUT2D eigenvalue weighted by atomic mass is 9.95. The van der Waals surface area contributed by atoms with E-state index in [1.807, 2.05) is 0 Å². The molecule has 2 fully saturated rings. The highest BCUT2D eigenvalue weighted by atomic mass is 16.6. The smallest absolute Gasteiger partial charge is 0.104 e. The fourth-order valence-corrected chi connectivity index (χ4v) is 1.88. The van der Waals surface area contributed by atoms with Crippen molar-refractivity contribution >= 4 is 0 Å². The van der Waals surface area contributed by atoms with E-state index in [0.29, 0.717) is 18.3 Å². The summed E-state index contributed by atoms with van der Waals surface area (Å²) in [7, 11) is 1.79. The molecule has 0 aromatic rings. The highest BCUT2D eigenvalue weighted by molar-refractivity contribution is 4.75. The molecule has 0 N–H and O–H groups in total. The molecule has 2 aliphatic rings. The standard InChI is InChI=1S/C10H18O3/c1-11-8-3-2-4-9(5-8)12-6-10-7-13-10/h8-10H,2-7H2,1H3. The van der Waals surface area contributed by atoms with Gasteiger partial charge < -0.3 is 14.2 Å². The third kappa shape index (κ3) is 2.93. The molecule has 3 atom stereocenters. The van der Waals surface area contributed by atoms with Crippen LogP contribution >= 0.6 is 0 Å². The number of ether oxygens (including phenoxy) is 3. The van der Waals surface area contributed by atoms with Gasteiger partial charge in [0.2, 0.25) is 0 Å². The summed E-state index contributed by atoms with van der Waals surface area (Å²) in [6.45, 7) is 1.67. The van der Waals surface area contributed by atoms with Crippen LogP contribution in [0, 0.1) is 0 Å². The van der Waals surface area contributed by atoms with E-state index in [4.69, 9.17) is 14.2 Å². The molecule has 1 aliphatic carbocycles. The molecule has 1 saturated carbocycles. The zero-order valence-corrected chi connectivity index (χ0v) is 8.20. The third-order valence-corrected chi connectivity index (χ3v) is 2.83. The summed E-state index contributed by atoms with van der Waals surface area (Å²) >= 11 is 0. The van der Waals surface area contributed by atoms with Gasteiger partial charge in [-0.2, -0.15) is 0 Å². The van der Waals surface area contributed by atoms with Crippen molar-refractivity contribution in [2.75, 3.05) is 20.3 Å². The van der Waals surface area contributed by atoms with Crippen LogP contribution in [0.3, 0.4) is 0 Å². The Bertz CT molecular complexity index is 156. The summed E-state index contributed by atoms with van der Waals surface area (Å²) in [4.78, 5) is 0. The molecular formula is C10H18O3. The Morgan fingerprint density at radius 3 is 2.77 bits per heavy atom. The van der Waals surface area contributed by atoms with Gasteiger partial charge in [0, 0.05) is 7.11 Å². The van der Waals surface area contributed by atoms with Gasteiger partial charge in [0.15, 0.2) is 0 Å². The van der Waals surface area contributed by atoms with Crippen molar-refractivity contribution in [3.8, 4) is 0 Å². The second-order valence-electron chi connectivity index (χ2n) is 3.94. The average Bonchev–Trinajstić information content (AvgIpc) is 2.99. The summed E-state index contributed by atoms with van der Waals surface area (Å²) in [6.07, 6.45) is 5.88. The van der Waals surface area contributed by atoms with Crippen molar-refractivity contribution in [2.45, 2.75) is 44.0 Å². The summed E-state index contributed by atoms with van der Waals surface area (Å²) in [6, 6.07) is 0. The Labute approximate surface area is 79.4 Å². The van der Waals surface area contributed by atoms with E-state index in [0.717, 1.165) is 19.6 Å². The molecule has 76 valence electrons. The lowest BCUT2D eigenvalue weighted by Gasteiger charge is -2.27. The monoisotopic (exact) mass is 186 g/mol. The molecule has 0 radical (unpaired) electrons. The van der Waals surface area contributed by atoms with Crippen molar-refractivity contribution in [1.82, 2.24) is 0 Å². The quantitative estimate of drug-likeness (QED) is 0.621. The Morgan fingerprint density at radius 1 is 1.31 bits per heavy atom. The first-order chi connectivity index (χ1) is 6.38. The predicted octanol–water partition coefficient (Wildman–Crippen LogP) is 1.36. The van der Waals surface area contributed by atoms with Crippen LogP contribution < -0.4 is 0 Å². The Hall–Kier alpha value is -0.120. The van der Waals surface area contributed by atoms with Gasteiger partial charge in [-0.3, -0.25) is 0 Å². The number of epoxide rings is 1. The fourth-order valence-electron chi connectivity index (χ4n) is 1.88.